The van der Waals surface area contributed by atoms with Crippen molar-refractivity contribution in [2.75, 3.05) is 26.8 Å². The third kappa shape index (κ3) is 7.47. The van der Waals surface area contributed by atoms with E-state index in [0.29, 0.717) is 0 Å². The molecule has 12 nitrogen and oxygen atoms in total. The number of thiol groups is 1. The van der Waals surface area contributed by atoms with Gasteiger partial charge >= 0.3 is 0 Å². The Morgan fingerprint density at radius 1 is 0.962 bits per heavy atom. The number of likely N-dealkylation sites (N-methyl/N-ethyl adjacent to an activating group) is 1. The molecule has 1 saturated heterocycles. The molecule has 0 aromatic rings. The molecule has 1 fully saturated rings. The van der Waals surface area contributed by atoms with Crippen molar-refractivity contribution in [3.05, 3.63) is 0 Å². The fourth-order valence-corrected chi connectivity index (χ4v) is 2.41. The van der Waals surface area contributed by atoms with E-state index in [0.717, 1.165) is 0 Å². The topological polar surface area (TPSA) is 215 Å². The fourth-order valence-electron chi connectivity index (χ4n) is 2.13. The molecule has 0 aromatic carbocycles. The zero-order chi connectivity index (χ0) is 20.4. The molecule has 0 saturated carbocycles. The Hall–Kier alpha value is -0.130. The quantitative estimate of drug-likeness (QED) is 0.170. The lowest BCUT2D eigenvalue weighted by molar-refractivity contribution is -0.251. The van der Waals surface area contributed by atoms with E-state index in [1.54, 1.807) is 7.05 Å². The molecule has 26 heavy (non-hydrogen) atoms. The second kappa shape index (κ2) is 13.1. The van der Waals surface area contributed by atoms with Crippen LogP contribution < -0.4 is 10.0 Å². The van der Waals surface area contributed by atoms with Crippen molar-refractivity contribution in [1.82, 2.24) is 10.0 Å². The first-order chi connectivity index (χ1) is 12.2. The minimum absolute atomic E-state index is 0.0936. The smallest absolute Gasteiger partial charge is 0.174 e. The van der Waals surface area contributed by atoms with E-state index in [2.05, 4.69) is 22.9 Å². The number of aliphatic hydroxyl groups excluding tert-OH is 9. The molecule has 0 bridgehead atoms. The van der Waals surface area contributed by atoms with Crippen molar-refractivity contribution in [3.63, 3.8) is 0 Å². The number of rotatable bonds is 8. The minimum atomic E-state index is -1.55. The lowest BCUT2D eigenvalue weighted by atomic mass is 9.98. The summed E-state index contributed by atoms with van der Waals surface area (Å²) >= 11 is 3.66. The molecular formula is C13H30N2O10S. The first-order valence-electron chi connectivity index (χ1n) is 7.84. The molecule has 158 valence electrons. The first kappa shape index (κ1) is 25.9. The monoisotopic (exact) mass is 406 g/mol. The van der Waals surface area contributed by atoms with Gasteiger partial charge < -0.3 is 56.0 Å². The summed E-state index contributed by atoms with van der Waals surface area (Å²) in [4.78, 5) is 0. The van der Waals surface area contributed by atoms with Gasteiger partial charge in [0.05, 0.1) is 25.4 Å². The van der Waals surface area contributed by atoms with Crippen molar-refractivity contribution in [2.24, 2.45) is 0 Å². The lowest BCUT2D eigenvalue weighted by Crippen LogP contribution is -2.61. The summed E-state index contributed by atoms with van der Waals surface area (Å²) in [7, 11) is 1.57. The second-order valence-corrected chi connectivity index (χ2v) is 6.00. The number of hydrogen-bond donors (Lipinski definition) is 12. The van der Waals surface area contributed by atoms with E-state index in [1.165, 1.54) is 0 Å². The molecule has 1 rings (SSSR count). The Bertz CT molecular complexity index is 370. The molecule has 0 aliphatic carbocycles. The molecule has 11 N–H and O–H groups in total. The molecule has 1 aliphatic rings. The predicted octanol–water partition coefficient (Wildman–Crippen LogP) is -6.14. The first-order valence-corrected chi connectivity index (χ1v) is 8.28. The van der Waals surface area contributed by atoms with Crippen LogP contribution in [0.5, 0.6) is 0 Å². The van der Waals surface area contributed by atoms with E-state index >= 15 is 0 Å². The predicted molar refractivity (Wildman–Crippen MR) is 90.9 cm³/mol. The number of hydrogen-bond acceptors (Lipinski definition) is 13. The average molecular weight is 406 g/mol. The Morgan fingerprint density at radius 3 is 1.92 bits per heavy atom. The highest BCUT2D eigenvalue weighted by Crippen LogP contribution is 2.19. The number of aliphatic hydroxyl groups is 9. The highest BCUT2D eigenvalue weighted by molar-refractivity contribution is 7.78. The Labute approximate surface area is 156 Å². The van der Waals surface area contributed by atoms with Gasteiger partial charge in [-0.1, -0.05) is 12.8 Å². The molecule has 1 unspecified atom stereocenters. The van der Waals surface area contributed by atoms with E-state index in [4.69, 9.17) is 30.3 Å². The summed E-state index contributed by atoms with van der Waals surface area (Å²) in [5.74, 6) is 0. The van der Waals surface area contributed by atoms with Gasteiger partial charge in [0.15, 0.2) is 6.29 Å². The largest absolute Gasteiger partial charge is 0.394 e. The maximum Gasteiger partial charge on any atom is 0.174 e. The molecule has 1 aliphatic heterocycles. The summed E-state index contributed by atoms with van der Waals surface area (Å²) in [6, 6.07) is -0.874. The van der Waals surface area contributed by atoms with Crippen LogP contribution in [0, 0.1) is 0 Å². The van der Waals surface area contributed by atoms with Crippen molar-refractivity contribution >= 4 is 12.8 Å². The van der Waals surface area contributed by atoms with E-state index in [-0.39, 0.29) is 6.54 Å². The fraction of sp³-hybridized carbons (Fsp3) is 1.00. The van der Waals surface area contributed by atoms with Crippen LogP contribution in [-0.2, 0) is 4.74 Å². The molecular weight excluding hydrogens is 376 g/mol. The summed E-state index contributed by atoms with van der Waals surface area (Å²) in [6.45, 7) is -1.03. The zero-order valence-electron chi connectivity index (χ0n) is 14.2. The minimum Gasteiger partial charge on any atom is -0.394 e. The van der Waals surface area contributed by atoms with Crippen LogP contribution in [0.1, 0.15) is 0 Å². The van der Waals surface area contributed by atoms with Gasteiger partial charge in [-0.3, -0.25) is 4.72 Å². The maximum atomic E-state index is 9.40. The molecule has 1 heterocycles. The van der Waals surface area contributed by atoms with Crippen molar-refractivity contribution < 1.29 is 50.7 Å². The van der Waals surface area contributed by atoms with Gasteiger partial charge in [0.1, 0.15) is 36.6 Å². The maximum absolute atomic E-state index is 9.40. The van der Waals surface area contributed by atoms with E-state index in [1.807, 2.05) is 0 Å². The van der Waals surface area contributed by atoms with Gasteiger partial charge in [0.2, 0.25) is 0 Å². The van der Waals surface area contributed by atoms with E-state index < -0.39 is 68.3 Å². The van der Waals surface area contributed by atoms with Crippen LogP contribution in [0.2, 0.25) is 0 Å². The molecule has 0 aromatic heterocycles. The van der Waals surface area contributed by atoms with Crippen LogP contribution in [0.15, 0.2) is 0 Å². The standard InChI is InChI=1S/C7H17NO5.C6H13NO5S/c1-8-2-4(10)6(12)7(13)5(11)3-9;8-1-2-4(9)5(10)3(7-13)6(11)12-2/h4-13H,2-3H2,1H3;2-11,13H,1H2/t4-,5+,6+,7+;2-,3-,4-,5-,6?/m01/s1. The molecule has 13 heteroatoms. The van der Waals surface area contributed by atoms with Gasteiger partial charge in [0.25, 0.3) is 0 Å². The molecule has 9 atom stereocenters. The van der Waals surface area contributed by atoms with Gasteiger partial charge in [-0.05, 0) is 7.05 Å². The van der Waals surface area contributed by atoms with Crippen molar-refractivity contribution in [3.8, 4) is 0 Å². The number of ether oxygens (including phenoxy) is 1. The summed E-state index contributed by atoms with van der Waals surface area (Å²) in [5, 5.41) is 84.2. The molecule has 0 amide bonds. The summed E-state index contributed by atoms with van der Waals surface area (Å²) < 4.78 is 7.11. The third-order valence-electron chi connectivity index (χ3n) is 3.79. The van der Waals surface area contributed by atoms with Crippen molar-refractivity contribution in [2.45, 2.75) is 55.1 Å². The Morgan fingerprint density at radius 2 is 1.50 bits per heavy atom. The van der Waals surface area contributed by atoms with Gasteiger partial charge in [-0.15, -0.1) is 0 Å². The van der Waals surface area contributed by atoms with Crippen LogP contribution in [0.25, 0.3) is 0 Å². The molecule has 0 radical (unpaired) electrons. The summed E-state index contributed by atoms with van der Waals surface area (Å²) in [6.07, 6.45) is -10.4. The van der Waals surface area contributed by atoms with Crippen LogP contribution in [0.4, 0.5) is 0 Å². The van der Waals surface area contributed by atoms with Gasteiger partial charge in [0, 0.05) is 6.54 Å². The third-order valence-corrected chi connectivity index (χ3v) is 4.09. The Kier molecular flexibility index (Phi) is 13.0. The second-order valence-electron chi connectivity index (χ2n) is 5.74. The summed E-state index contributed by atoms with van der Waals surface area (Å²) in [5.41, 5.74) is 0. The SMILES string of the molecule is CNC[C@H](O)[C@@H](O)[C@H](O)[C@H](O)CO.OC[C@H]1OC(O)[C@H](NS)[C@@H](O)[C@@H]1O. The molecule has 0 spiro atoms. The van der Waals surface area contributed by atoms with Crippen LogP contribution in [-0.4, -0.2) is 128 Å². The highest BCUT2D eigenvalue weighted by atomic mass is 32.1. The van der Waals surface area contributed by atoms with E-state index in [9.17, 15) is 20.4 Å². The van der Waals surface area contributed by atoms with Gasteiger partial charge in [-0.2, -0.15) is 0 Å². The normalized spacial score (nSPS) is 33.6. The van der Waals surface area contributed by atoms with Crippen molar-refractivity contribution in [1.29, 1.82) is 0 Å². The number of nitrogens with one attached hydrogen (secondary N) is 2. The highest BCUT2D eigenvalue weighted by Gasteiger charge is 2.42. The Balaban J connectivity index is 0.000000481. The zero-order valence-corrected chi connectivity index (χ0v) is 15.1. The lowest BCUT2D eigenvalue weighted by Gasteiger charge is -2.39. The average Bonchev–Trinajstić information content (AvgIpc) is 2.63. The van der Waals surface area contributed by atoms with Gasteiger partial charge in [-0.25, -0.2) is 0 Å². The van der Waals surface area contributed by atoms with Crippen LogP contribution in [0.3, 0.4) is 0 Å². The van der Waals surface area contributed by atoms with Crippen LogP contribution >= 0.6 is 12.8 Å².